The number of rotatable bonds is 2. The number of piperidine rings is 1. The minimum atomic E-state index is -0.530. The lowest BCUT2D eigenvalue weighted by molar-refractivity contribution is -0.385. The smallest absolute Gasteiger partial charge is 0.321 e. The van der Waals surface area contributed by atoms with E-state index in [9.17, 15) is 14.9 Å². The lowest BCUT2D eigenvalue weighted by Gasteiger charge is -2.37. The number of nitrogens with one attached hydrogen (secondary N) is 1. The van der Waals surface area contributed by atoms with Crippen molar-refractivity contribution in [1.29, 1.82) is 0 Å². The van der Waals surface area contributed by atoms with Gasteiger partial charge in [0.2, 0.25) is 0 Å². The van der Waals surface area contributed by atoms with Crippen molar-refractivity contribution in [3.05, 3.63) is 33.9 Å². The number of carbonyl (C=O) groups is 1. The summed E-state index contributed by atoms with van der Waals surface area (Å²) < 4.78 is 11.3. The van der Waals surface area contributed by atoms with Gasteiger partial charge in [0.1, 0.15) is 0 Å². The van der Waals surface area contributed by atoms with Crippen LogP contribution in [0.5, 0.6) is 0 Å². The molecule has 0 aromatic heterocycles. The number of hydrogen-bond acceptors (Lipinski definition) is 5. The van der Waals surface area contributed by atoms with Gasteiger partial charge in [0.25, 0.3) is 5.69 Å². The fraction of sp³-hybridized carbons (Fsp3) is 0.533. The van der Waals surface area contributed by atoms with Gasteiger partial charge in [-0.3, -0.25) is 10.1 Å². The number of urea groups is 1. The van der Waals surface area contributed by atoms with Crippen LogP contribution in [0.1, 0.15) is 18.4 Å². The number of hydrogen-bond donors (Lipinski definition) is 1. The van der Waals surface area contributed by atoms with E-state index in [2.05, 4.69) is 5.32 Å². The first kappa shape index (κ1) is 15.7. The summed E-state index contributed by atoms with van der Waals surface area (Å²) >= 11 is 0. The fourth-order valence-corrected chi connectivity index (χ4v) is 2.99. The van der Waals surface area contributed by atoms with Crippen LogP contribution in [-0.2, 0) is 9.47 Å². The second-order valence-electron chi connectivity index (χ2n) is 5.73. The maximum Gasteiger partial charge on any atom is 0.321 e. The molecule has 124 valence electrons. The van der Waals surface area contributed by atoms with E-state index < -0.39 is 10.7 Å². The Kier molecular flexibility index (Phi) is 4.18. The minimum absolute atomic E-state index is 0.00634. The van der Waals surface area contributed by atoms with E-state index in [0.29, 0.717) is 50.4 Å². The number of nitrogens with zero attached hydrogens (tertiary/aromatic N) is 2. The highest BCUT2D eigenvalue weighted by Crippen LogP contribution is 2.32. The van der Waals surface area contributed by atoms with Crippen molar-refractivity contribution in [1.82, 2.24) is 4.90 Å². The average Bonchev–Trinajstić information content (AvgIpc) is 2.98. The molecule has 0 saturated carbocycles. The van der Waals surface area contributed by atoms with Gasteiger partial charge in [-0.05, 0) is 13.0 Å². The molecule has 2 aliphatic heterocycles. The molecule has 1 N–H and O–H groups in total. The summed E-state index contributed by atoms with van der Waals surface area (Å²) in [4.78, 5) is 24.5. The normalized spacial score (nSPS) is 19.8. The topological polar surface area (TPSA) is 93.9 Å². The molecule has 8 heteroatoms. The van der Waals surface area contributed by atoms with Gasteiger partial charge in [-0.25, -0.2) is 4.79 Å². The van der Waals surface area contributed by atoms with E-state index >= 15 is 0 Å². The number of amides is 2. The molecule has 1 aromatic carbocycles. The predicted molar refractivity (Wildman–Crippen MR) is 82.3 cm³/mol. The average molecular weight is 321 g/mol. The summed E-state index contributed by atoms with van der Waals surface area (Å²) in [5, 5.41) is 13.7. The van der Waals surface area contributed by atoms with Crippen LogP contribution in [0.25, 0.3) is 0 Å². The van der Waals surface area contributed by atoms with E-state index in [4.69, 9.17) is 9.47 Å². The Balaban J connectivity index is 1.64. The van der Waals surface area contributed by atoms with Crippen LogP contribution in [0, 0.1) is 17.0 Å². The van der Waals surface area contributed by atoms with Crippen LogP contribution >= 0.6 is 0 Å². The zero-order chi connectivity index (χ0) is 16.4. The van der Waals surface area contributed by atoms with Crippen LogP contribution in [-0.4, -0.2) is 47.9 Å². The van der Waals surface area contributed by atoms with Crippen LogP contribution < -0.4 is 5.32 Å². The van der Waals surface area contributed by atoms with Crippen molar-refractivity contribution in [2.75, 3.05) is 31.6 Å². The monoisotopic (exact) mass is 321 g/mol. The SMILES string of the molecule is Cc1c(NC(=O)N2CCC3(CC2)OCCO3)cccc1[N+](=O)[O-]. The number of carbonyl (C=O) groups excluding carboxylic acids is 1. The summed E-state index contributed by atoms with van der Waals surface area (Å²) in [5.74, 6) is -0.530. The molecule has 0 bridgehead atoms. The maximum atomic E-state index is 12.4. The van der Waals surface area contributed by atoms with Gasteiger partial charge in [-0.2, -0.15) is 0 Å². The molecule has 2 saturated heterocycles. The van der Waals surface area contributed by atoms with Gasteiger partial charge in [0, 0.05) is 32.0 Å². The van der Waals surface area contributed by atoms with E-state index in [0.717, 1.165) is 0 Å². The second-order valence-corrected chi connectivity index (χ2v) is 5.73. The van der Waals surface area contributed by atoms with Crippen LogP contribution in [0.4, 0.5) is 16.2 Å². The van der Waals surface area contributed by atoms with Gasteiger partial charge in [0.05, 0.1) is 29.4 Å². The maximum absolute atomic E-state index is 12.4. The number of nitro groups is 1. The third-order valence-electron chi connectivity index (χ3n) is 4.37. The van der Waals surface area contributed by atoms with Gasteiger partial charge in [0.15, 0.2) is 5.79 Å². The largest absolute Gasteiger partial charge is 0.347 e. The Hall–Kier alpha value is -2.19. The minimum Gasteiger partial charge on any atom is -0.347 e. The fourth-order valence-electron chi connectivity index (χ4n) is 2.99. The Bertz CT molecular complexity index is 618. The van der Waals surface area contributed by atoms with E-state index in [1.807, 2.05) is 0 Å². The zero-order valence-corrected chi connectivity index (χ0v) is 12.9. The molecule has 0 radical (unpaired) electrons. The van der Waals surface area contributed by atoms with E-state index in [1.54, 1.807) is 24.0 Å². The number of anilines is 1. The molecule has 1 spiro atoms. The van der Waals surface area contributed by atoms with Gasteiger partial charge in [-0.1, -0.05) is 6.07 Å². The molecule has 2 heterocycles. The number of ether oxygens (including phenoxy) is 2. The van der Waals surface area contributed by atoms with Crippen LogP contribution in [0.15, 0.2) is 18.2 Å². The first-order chi connectivity index (χ1) is 11.0. The van der Waals surface area contributed by atoms with Crippen molar-refractivity contribution in [3.8, 4) is 0 Å². The molecule has 0 aliphatic carbocycles. The van der Waals surface area contributed by atoms with Crippen molar-refractivity contribution < 1.29 is 19.2 Å². The lowest BCUT2D eigenvalue weighted by Crippen LogP contribution is -2.48. The van der Waals surface area contributed by atoms with Crippen molar-refractivity contribution in [3.63, 3.8) is 0 Å². The van der Waals surface area contributed by atoms with E-state index in [1.165, 1.54) is 6.07 Å². The molecule has 3 rings (SSSR count). The molecule has 2 amide bonds. The molecule has 23 heavy (non-hydrogen) atoms. The van der Waals surface area contributed by atoms with Crippen LogP contribution in [0.3, 0.4) is 0 Å². The Labute approximate surface area is 133 Å². The Morgan fingerprint density at radius 1 is 1.30 bits per heavy atom. The Morgan fingerprint density at radius 2 is 1.96 bits per heavy atom. The van der Waals surface area contributed by atoms with E-state index in [-0.39, 0.29) is 11.7 Å². The molecular weight excluding hydrogens is 302 g/mol. The number of likely N-dealkylation sites (tertiary alicyclic amines) is 1. The first-order valence-electron chi connectivity index (χ1n) is 7.59. The van der Waals surface area contributed by atoms with Gasteiger partial charge < -0.3 is 19.7 Å². The standard InChI is InChI=1S/C15H19N3O5/c1-11-12(3-2-4-13(11)18(20)21)16-14(19)17-7-5-15(6-8-17)22-9-10-23-15/h2-4H,5-10H2,1H3,(H,16,19). The summed E-state index contributed by atoms with van der Waals surface area (Å²) in [6.07, 6.45) is 1.27. The quantitative estimate of drug-likeness (QED) is 0.666. The van der Waals surface area contributed by atoms with Gasteiger partial charge in [-0.15, -0.1) is 0 Å². The summed E-state index contributed by atoms with van der Waals surface area (Å²) in [6, 6.07) is 4.38. The van der Waals surface area contributed by atoms with Gasteiger partial charge >= 0.3 is 6.03 Å². The highest BCUT2D eigenvalue weighted by molar-refractivity contribution is 5.90. The Morgan fingerprint density at radius 3 is 2.57 bits per heavy atom. The second kappa shape index (κ2) is 6.13. The van der Waals surface area contributed by atoms with Crippen molar-refractivity contribution in [2.24, 2.45) is 0 Å². The molecular formula is C15H19N3O5. The highest BCUT2D eigenvalue weighted by atomic mass is 16.7. The molecule has 2 aliphatic rings. The summed E-state index contributed by atoms with van der Waals surface area (Å²) in [7, 11) is 0. The molecule has 1 aromatic rings. The number of benzene rings is 1. The highest BCUT2D eigenvalue weighted by Gasteiger charge is 2.40. The summed E-state index contributed by atoms with van der Waals surface area (Å²) in [5.41, 5.74) is 0.896. The first-order valence-corrected chi connectivity index (χ1v) is 7.59. The molecule has 8 nitrogen and oxygen atoms in total. The number of nitro benzene ring substituents is 1. The third-order valence-corrected chi connectivity index (χ3v) is 4.37. The molecule has 2 fully saturated rings. The molecule has 0 unspecified atom stereocenters. The lowest BCUT2D eigenvalue weighted by atomic mass is 10.0. The third kappa shape index (κ3) is 3.13. The zero-order valence-electron chi connectivity index (χ0n) is 12.9. The van der Waals surface area contributed by atoms with Crippen molar-refractivity contribution >= 4 is 17.4 Å². The van der Waals surface area contributed by atoms with Crippen LogP contribution in [0.2, 0.25) is 0 Å². The summed E-state index contributed by atoms with van der Waals surface area (Å²) in [6.45, 7) is 3.87. The predicted octanol–water partition coefficient (Wildman–Crippen LogP) is 2.27. The molecule has 0 atom stereocenters. The van der Waals surface area contributed by atoms with Crippen molar-refractivity contribution in [2.45, 2.75) is 25.6 Å².